The van der Waals surface area contributed by atoms with Crippen LogP contribution in [0, 0.1) is 5.92 Å². The van der Waals surface area contributed by atoms with Crippen LogP contribution >= 0.6 is 0 Å². The Morgan fingerprint density at radius 3 is 2.71 bits per heavy atom. The molecule has 2 bridgehead atoms. The van der Waals surface area contributed by atoms with Crippen LogP contribution in [0.1, 0.15) is 48.8 Å². The van der Waals surface area contributed by atoms with E-state index in [0.717, 1.165) is 62.7 Å². The van der Waals surface area contributed by atoms with Gasteiger partial charge in [0.05, 0.1) is 26.0 Å². The molecule has 2 heterocycles. The third kappa shape index (κ3) is 3.96. The second-order valence-corrected chi connectivity index (χ2v) is 10.5. The van der Waals surface area contributed by atoms with Gasteiger partial charge in [0.25, 0.3) is 0 Å². The first-order valence-corrected chi connectivity index (χ1v) is 13.2. The molecule has 2 aliphatic heterocycles. The quantitative estimate of drug-likeness (QED) is 0.627. The van der Waals surface area contributed by atoms with E-state index >= 15 is 0 Å². The largest absolute Gasteiger partial charge is 0.495 e. The van der Waals surface area contributed by atoms with E-state index in [1.807, 2.05) is 30.3 Å². The van der Waals surface area contributed by atoms with Crippen LogP contribution in [0.25, 0.3) is 0 Å². The average Bonchev–Trinajstić information content (AvgIpc) is 2.92. The summed E-state index contributed by atoms with van der Waals surface area (Å²) in [6, 6.07) is 14.9. The maximum Gasteiger partial charge on any atom is 0.410 e. The highest BCUT2D eigenvalue weighted by molar-refractivity contribution is 5.70. The number of rotatable bonds is 4. The lowest BCUT2D eigenvalue weighted by molar-refractivity contribution is -0.0137. The van der Waals surface area contributed by atoms with E-state index in [2.05, 4.69) is 21.9 Å². The summed E-state index contributed by atoms with van der Waals surface area (Å²) >= 11 is 0. The van der Waals surface area contributed by atoms with E-state index in [-0.39, 0.29) is 17.6 Å². The summed E-state index contributed by atoms with van der Waals surface area (Å²) in [5.41, 5.74) is 5.20. The summed E-state index contributed by atoms with van der Waals surface area (Å²) in [5, 5.41) is 0. The van der Waals surface area contributed by atoms with Crippen molar-refractivity contribution in [2.24, 2.45) is 5.92 Å². The van der Waals surface area contributed by atoms with E-state index in [4.69, 9.17) is 14.2 Å². The fraction of sp³-hybridized carbons (Fsp3) is 0.552. The van der Waals surface area contributed by atoms with E-state index < -0.39 is 0 Å². The molecule has 4 aliphatic rings. The minimum Gasteiger partial charge on any atom is -0.495 e. The smallest absolute Gasteiger partial charge is 0.410 e. The highest BCUT2D eigenvalue weighted by Crippen LogP contribution is 2.57. The van der Waals surface area contributed by atoms with Crippen LogP contribution in [0.2, 0.25) is 0 Å². The van der Waals surface area contributed by atoms with Gasteiger partial charge in [0.15, 0.2) is 0 Å². The second-order valence-electron chi connectivity index (χ2n) is 10.5. The minimum atomic E-state index is -0.164. The van der Waals surface area contributed by atoms with E-state index in [9.17, 15) is 4.79 Å². The number of methoxy groups -OCH3 is 1. The number of piperidine rings is 1. The van der Waals surface area contributed by atoms with Gasteiger partial charge in [-0.15, -0.1) is 0 Å². The van der Waals surface area contributed by atoms with Crippen LogP contribution < -0.4 is 9.64 Å². The number of morpholine rings is 1. The Labute approximate surface area is 208 Å². The number of fused-ring (bicyclic) bond motifs is 1. The summed E-state index contributed by atoms with van der Waals surface area (Å²) in [6.45, 7) is 4.34. The Morgan fingerprint density at radius 1 is 1.09 bits per heavy atom. The van der Waals surface area contributed by atoms with Gasteiger partial charge in [-0.1, -0.05) is 43.2 Å². The van der Waals surface area contributed by atoms with Gasteiger partial charge in [0.2, 0.25) is 0 Å². The number of hydrogen-bond donors (Lipinski definition) is 0. The molecule has 35 heavy (non-hydrogen) atoms. The highest BCUT2D eigenvalue weighted by Gasteiger charge is 2.55. The SMILES string of the molecule is COc1cc2c(cc1N1CCOCC1)C[C@H]1[C@H]3CCCC[C@@]23CCN1C(=O)OCc1ccccc1. The van der Waals surface area contributed by atoms with Crippen LogP contribution in [0.3, 0.4) is 0 Å². The molecule has 0 radical (unpaired) electrons. The lowest BCUT2D eigenvalue weighted by Crippen LogP contribution is -2.62. The Balaban J connectivity index is 1.32. The number of ether oxygens (including phenoxy) is 3. The zero-order chi connectivity index (χ0) is 23.8. The molecular formula is C29H36N2O4. The van der Waals surface area contributed by atoms with Gasteiger partial charge in [0, 0.05) is 31.1 Å². The van der Waals surface area contributed by atoms with Gasteiger partial charge in [-0.3, -0.25) is 0 Å². The van der Waals surface area contributed by atoms with Crippen LogP contribution in [-0.2, 0) is 27.9 Å². The molecule has 2 aliphatic carbocycles. The van der Waals surface area contributed by atoms with Crippen molar-refractivity contribution in [3.63, 3.8) is 0 Å². The Morgan fingerprint density at radius 2 is 1.91 bits per heavy atom. The summed E-state index contributed by atoms with van der Waals surface area (Å²) in [5.74, 6) is 1.47. The van der Waals surface area contributed by atoms with E-state index in [1.165, 1.54) is 36.8 Å². The fourth-order valence-corrected chi connectivity index (χ4v) is 7.28. The van der Waals surface area contributed by atoms with Gasteiger partial charge in [0.1, 0.15) is 12.4 Å². The van der Waals surface area contributed by atoms with Crippen molar-refractivity contribution in [1.29, 1.82) is 0 Å². The number of likely N-dealkylation sites (tertiary alicyclic amines) is 1. The molecule has 0 spiro atoms. The average molecular weight is 477 g/mol. The number of benzene rings is 2. The lowest BCUT2D eigenvalue weighted by atomic mass is 9.52. The normalized spacial score (nSPS) is 27.6. The standard InChI is InChI=1S/C29H36N2O4/c1-33-27-19-24-22(18-26(27)30-13-15-34-16-14-30)17-25-23-9-5-6-10-29(23,24)11-12-31(25)28(32)35-20-21-7-3-2-4-8-21/h2-4,7-8,18-19,23,25H,5-6,9-17,20H2,1H3/t23-,25+,29+/m1/s1. The zero-order valence-electron chi connectivity index (χ0n) is 20.7. The molecule has 1 amide bonds. The van der Waals surface area contributed by atoms with Crippen molar-refractivity contribution in [3.05, 3.63) is 59.2 Å². The first kappa shape index (κ1) is 22.7. The first-order chi connectivity index (χ1) is 17.2. The summed E-state index contributed by atoms with van der Waals surface area (Å²) in [4.78, 5) is 17.8. The Kier molecular flexibility index (Phi) is 6.09. The summed E-state index contributed by atoms with van der Waals surface area (Å²) in [6.07, 6.45) is 6.62. The molecule has 2 saturated heterocycles. The Bertz CT molecular complexity index is 1070. The van der Waals surface area contributed by atoms with Crippen molar-refractivity contribution >= 4 is 11.8 Å². The molecule has 0 unspecified atom stereocenters. The number of nitrogens with zero attached hydrogens (tertiary/aromatic N) is 2. The van der Waals surface area contributed by atoms with E-state index in [1.54, 1.807) is 7.11 Å². The molecule has 3 atom stereocenters. The molecule has 2 aromatic carbocycles. The van der Waals surface area contributed by atoms with Gasteiger partial charge in [-0.2, -0.15) is 0 Å². The number of hydrogen-bond acceptors (Lipinski definition) is 5. The number of carbonyl (C=O) groups excluding carboxylic acids is 1. The molecular weight excluding hydrogens is 440 g/mol. The molecule has 6 heteroatoms. The third-order valence-electron chi connectivity index (χ3n) is 8.92. The van der Waals surface area contributed by atoms with Crippen LogP contribution in [0.4, 0.5) is 10.5 Å². The molecule has 0 aromatic heterocycles. The van der Waals surface area contributed by atoms with Gasteiger partial charge >= 0.3 is 6.09 Å². The summed E-state index contributed by atoms with van der Waals surface area (Å²) in [7, 11) is 1.79. The predicted octanol–water partition coefficient (Wildman–Crippen LogP) is 4.93. The third-order valence-corrected chi connectivity index (χ3v) is 8.92. The minimum absolute atomic E-state index is 0.142. The van der Waals surface area contributed by atoms with Crippen molar-refractivity contribution in [3.8, 4) is 5.75 Å². The maximum absolute atomic E-state index is 13.3. The predicted molar refractivity (Wildman–Crippen MR) is 135 cm³/mol. The number of anilines is 1. The highest BCUT2D eigenvalue weighted by atomic mass is 16.6. The number of amides is 1. The van der Waals surface area contributed by atoms with Gasteiger partial charge in [-0.05, 0) is 60.4 Å². The van der Waals surface area contributed by atoms with Crippen molar-refractivity contribution in [2.45, 2.75) is 56.6 Å². The lowest BCUT2D eigenvalue weighted by Gasteiger charge is -2.58. The molecule has 186 valence electrons. The topological polar surface area (TPSA) is 51.2 Å². The molecule has 1 saturated carbocycles. The van der Waals surface area contributed by atoms with Crippen molar-refractivity contribution < 1.29 is 19.0 Å². The molecule has 6 rings (SSSR count). The fourth-order valence-electron chi connectivity index (χ4n) is 7.28. The molecule has 2 aromatic rings. The van der Waals surface area contributed by atoms with Gasteiger partial charge in [-0.25, -0.2) is 4.79 Å². The molecule has 0 N–H and O–H groups in total. The van der Waals surface area contributed by atoms with Crippen LogP contribution in [0.15, 0.2) is 42.5 Å². The van der Waals surface area contributed by atoms with Crippen LogP contribution in [-0.4, -0.2) is 57.0 Å². The Hall–Kier alpha value is -2.73. The van der Waals surface area contributed by atoms with Crippen molar-refractivity contribution in [1.82, 2.24) is 4.90 Å². The zero-order valence-corrected chi connectivity index (χ0v) is 20.7. The van der Waals surface area contributed by atoms with E-state index in [0.29, 0.717) is 12.5 Å². The maximum atomic E-state index is 13.3. The van der Waals surface area contributed by atoms with Gasteiger partial charge < -0.3 is 24.0 Å². The van der Waals surface area contributed by atoms with Crippen molar-refractivity contribution in [2.75, 3.05) is 44.9 Å². The molecule has 6 nitrogen and oxygen atoms in total. The molecule has 3 fully saturated rings. The van der Waals surface area contributed by atoms with Crippen LogP contribution in [0.5, 0.6) is 5.75 Å². The summed E-state index contributed by atoms with van der Waals surface area (Å²) < 4.78 is 17.4. The second kappa shape index (κ2) is 9.38. The first-order valence-electron chi connectivity index (χ1n) is 13.2. The number of carbonyl (C=O) groups is 1. The monoisotopic (exact) mass is 476 g/mol.